The summed E-state index contributed by atoms with van der Waals surface area (Å²) < 4.78 is 11.2. The average molecular weight is 270 g/mol. The third-order valence-corrected chi connectivity index (χ3v) is 4.63. The lowest BCUT2D eigenvalue weighted by Crippen LogP contribution is -2.32. The molecule has 4 heteroatoms. The first kappa shape index (κ1) is 13.8. The van der Waals surface area contributed by atoms with Gasteiger partial charge in [-0.1, -0.05) is 0 Å². The SMILES string of the molecule is COc1csc(C(O)C2CC(C)(C)OC2(C)C)c1. The number of methoxy groups -OCH3 is 1. The number of hydrogen-bond acceptors (Lipinski definition) is 4. The largest absolute Gasteiger partial charge is 0.496 e. The Bertz CT molecular complexity index is 422. The summed E-state index contributed by atoms with van der Waals surface area (Å²) in [5.41, 5.74) is -0.476. The quantitative estimate of drug-likeness (QED) is 0.915. The predicted octanol–water partition coefficient (Wildman–Crippen LogP) is 3.38. The molecule has 3 nitrogen and oxygen atoms in total. The first-order valence-electron chi connectivity index (χ1n) is 6.26. The van der Waals surface area contributed by atoms with Crippen molar-refractivity contribution in [2.24, 2.45) is 5.92 Å². The van der Waals surface area contributed by atoms with Crippen LogP contribution in [0.2, 0.25) is 0 Å². The van der Waals surface area contributed by atoms with Gasteiger partial charge in [0.1, 0.15) is 5.75 Å². The van der Waals surface area contributed by atoms with Gasteiger partial charge in [0.2, 0.25) is 0 Å². The summed E-state index contributed by atoms with van der Waals surface area (Å²) in [4.78, 5) is 0.950. The van der Waals surface area contributed by atoms with Gasteiger partial charge in [0.25, 0.3) is 0 Å². The molecule has 2 unspecified atom stereocenters. The van der Waals surface area contributed by atoms with E-state index >= 15 is 0 Å². The average Bonchev–Trinajstić information content (AvgIpc) is 2.79. The van der Waals surface area contributed by atoms with Crippen molar-refractivity contribution in [2.75, 3.05) is 7.11 Å². The monoisotopic (exact) mass is 270 g/mol. The lowest BCUT2D eigenvalue weighted by molar-refractivity contribution is -0.0877. The Morgan fingerprint density at radius 2 is 2.11 bits per heavy atom. The Kier molecular flexibility index (Phi) is 3.47. The zero-order valence-corrected chi connectivity index (χ0v) is 12.5. The molecular formula is C14H22O3S. The first-order valence-corrected chi connectivity index (χ1v) is 7.14. The molecule has 1 aromatic rings. The van der Waals surface area contributed by atoms with Crippen molar-refractivity contribution in [3.8, 4) is 5.75 Å². The lowest BCUT2D eigenvalue weighted by Gasteiger charge is -2.29. The van der Waals surface area contributed by atoms with Gasteiger partial charge in [-0.25, -0.2) is 0 Å². The molecule has 2 rings (SSSR count). The van der Waals surface area contributed by atoms with Crippen LogP contribution in [0.4, 0.5) is 0 Å². The standard InChI is InChI=1S/C14H22O3S/c1-13(2)7-10(14(3,4)17-13)12(15)11-6-9(16-5)8-18-11/h6,8,10,12,15H,7H2,1-5H3. The highest BCUT2D eigenvalue weighted by Crippen LogP contribution is 2.48. The van der Waals surface area contributed by atoms with Gasteiger partial charge in [0.05, 0.1) is 24.4 Å². The van der Waals surface area contributed by atoms with Crippen molar-refractivity contribution in [1.29, 1.82) is 0 Å². The fourth-order valence-corrected chi connectivity index (χ4v) is 3.80. The Morgan fingerprint density at radius 1 is 1.44 bits per heavy atom. The van der Waals surface area contributed by atoms with E-state index in [2.05, 4.69) is 27.7 Å². The summed E-state index contributed by atoms with van der Waals surface area (Å²) in [5, 5.41) is 12.5. The van der Waals surface area contributed by atoms with Crippen LogP contribution in [-0.2, 0) is 4.74 Å². The summed E-state index contributed by atoms with van der Waals surface area (Å²) in [7, 11) is 1.64. The van der Waals surface area contributed by atoms with Crippen LogP contribution < -0.4 is 4.74 Å². The minimum Gasteiger partial charge on any atom is -0.496 e. The van der Waals surface area contributed by atoms with Crippen molar-refractivity contribution in [2.45, 2.75) is 51.4 Å². The van der Waals surface area contributed by atoms with E-state index in [-0.39, 0.29) is 17.1 Å². The maximum absolute atomic E-state index is 10.6. The van der Waals surface area contributed by atoms with Gasteiger partial charge in [-0.15, -0.1) is 11.3 Å². The Balaban J connectivity index is 2.20. The molecule has 1 aliphatic heterocycles. The van der Waals surface area contributed by atoms with Crippen molar-refractivity contribution in [3.63, 3.8) is 0 Å². The Morgan fingerprint density at radius 3 is 2.56 bits per heavy atom. The highest BCUT2D eigenvalue weighted by atomic mass is 32.1. The van der Waals surface area contributed by atoms with E-state index in [1.165, 1.54) is 11.3 Å². The normalized spacial score (nSPS) is 27.1. The predicted molar refractivity (Wildman–Crippen MR) is 73.2 cm³/mol. The molecule has 0 amide bonds. The maximum atomic E-state index is 10.6. The summed E-state index contributed by atoms with van der Waals surface area (Å²) in [5.74, 6) is 0.917. The number of aliphatic hydroxyl groups is 1. The van der Waals surface area contributed by atoms with Crippen molar-refractivity contribution < 1.29 is 14.6 Å². The van der Waals surface area contributed by atoms with E-state index < -0.39 is 6.10 Å². The van der Waals surface area contributed by atoms with Gasteiger partial charge < -0.3 is 14.6 Å². The molecule has 1 saturated heterocycles. The summed E-state index contributed by atoms with van der Waals surface area (Å²) >= 11 is 1.54. The molecule has 0 radical (unpaired) electrons. The van der Waals surface area contributed by atoms with Crippen LogP contribution in [0.5, 0.6) is 5.75 Å². The van der Waals surface area contributed by atoms with Crippen molar-refractivity contribution >= 4 is 11.3 Å². The van der Waals surface area contributed by atoms with E-state index in [0.29, 0.717) is 0 Å². The zero-order valence-electron chi connectivity index (χ0n) is 11.7. The molecule has 0 bridgehead atoms. The second kappa shape index (κ2) is 4.51. The van der Waals surface area contributed by atoms with Gasteiger partial charge in [-0.05, 0) is 40.2 Å². The number of hydrogen-bond donors (Lipinski definition) is 1. The topological polar surface area (TPSA) is 38.7 Å². The molecule has 1 N–H and O–H groups in total. The zero-order chi connectivity index (χ0) is 13.6. The molecule has 0 saturated carbocycles. The molecular weight excluding hydrogens is 248 g/mol. The first-order chi connectivity index (χ1) is 8.25. The fourth-order valence-electron chi connectivity index (χ4n) is 2.89. The van der Waals surface area contributed by atoms with Crippen LogP contribution in [0.25, 0.3) is 0 Å². The molecule has 18 heavy (non-hydrogen) atoms. The van der Waals surface area contributed by atoms with Crippen LogP contribution in [0, 0.1) is 5.92 Å². The van der Waals surface area contributed by atoms with E-state index in [9.17, 15) is 5.11 Å². The van der Waals surface area contributed by atoms with E-state index in [1.54, 1.807) is 7.11 Å². The minimum atomic E-state index is -0.490. The number of rotatable bonds is 3. The van der Waals surface area contributed by atoms with Crippen LogP contribution in [0.15, 0.2) is 11.4 Å². The molecule has 0 aliphatic carbocycles. The highest BCUT2D eigenvalue weighted by molar-refractivity contribution is 7.10. The Labute approximate surface area is 113 Å². The van der Waals surface area contributed by atoms with Crippen LogP contribution >= 0.6 is 11.3 Å². The third kappa shape index (κ3) is 2.56. The maximum Gasteiger partial charge on any atom is 0.129 e. The smallest absolute Gasteiger partial charge is 0.129 e. The van der Waals surface area contributed by atoms with E-state index in [4.69, 9.17) is 9.47 Å². The number of aliphatic hydroxyl groups excluding tert-OH is 1. The highest BCUT2D eigenvalue weighted by Gasteiger charge is 2.49. The summed E-state index contributed by atoms with van der Waals surface area (Å²) in [6, 6.07) is 1.91. The second-order valence-corrected chi connectivity index (χ2v) is 7.05. The van der Waals surface area contributed by atoms with Crippen LogP contribution in [-0.4, -0.2) is 23.4 Å². The van der Waals surface area contributed by atoms with Crippen LogP contribution in [0.1, 0.15) is 45.1 Å². The second-order valence-electron chi connectivity index (χ2n) is 6.11. The van der Waals surface area contributed by atoms with Gasteiger partial charge in [-0.3, -0.25) is 0 Å². The molecule has 1 aliphatic rings. The van der Waals surface area contributed by atoms with Gasteiger partial charge in [0, 0.05) is 16.2 Å². The van der Waals surface area contributed by atoms with Gasteiger partial charge in [-0.2, -0.15) is 0 Å². The summed E-state index contributed by atoms with van der Waals surface area (Å²) in [6.07, 6.45) is 0.372. The molecule has 2 atom stereocenters. The van der Waals surface area contributed by atoms with Crippen LogP contribution in [0.3, 0.4) is 0 Å². The number of thiophene rings is 1. The molecule has 1 fully saturated rings. The van der Waals surface area contributed by atoms with Gasteiger partial charge >= 0.3 is 0 Å². The molecule has 0 aromatic carbocycles. The van der Waals surface area contributed by atoms with Gasteiger partial charge in [0.15, 0.2) is 0 Å². The molecule has 2 heterocycles. The Hall–Kier alpha value is -0.580. The third-order valence-electron chi connectivity index (χ3n) is 3.65. The number of ether oxygens (including phenoxy) is 2. The van der Waals surface area contributed by atoms with E-state index in [1.807, 2.05) is 11.4 Å². The fraction of sp³-hybridized carbons (Fsp3) is 0.714. The van der Waals surface area contributed by atoms with E-state index in [0.717, 1.165) is 17.0 Å². The molecule has 1 aromatic heterocycles. The lowest BCUT2D eigenvalue weighted by atomic mass is 9.82. The minimum absolute atomic E-state index is 0.107. The van der Waals surface area contributed by atoms with Crippen molar-refractivity contribution in [3.05, 3.63) is 16.3 Å². The summed E-state index contributed by atoms with van der Waals surface area (Å²) in [6.45, 7) is 8.27. The van der Waals surface area contributed by atoms with Crippen molar-refractivity contribution in [1.82, 2.24) is 0 Å². The molecule has 102 valence electrons. The molecule has 0 spiro atoms.